The standard InChI is InChI=1S/C16H17N3OS/c1-10(2)14-9-21-16(18-14)19-15(20)7-11-8-17-13-6-4-3-5-12(11)13/h3-6,8-10,17H,7H2,1-2H3,(H,18,19,20). The summed E-state index contributed by atoms with van der Waals surface area (Å²) >= 11 is 1.47. The maximum atomic E-state index is 12.1. The quantitative estimate of drug-likeness (QED) is 0.767. The van der Waals surface area contributed by atoms with Crippen molar-refractivity contribution in [3.8, 4) is 0 Å². The van der Waals surface area contributed by atoms with Gasteiger partial charge in [-0.25, -0.2) is 4.98 Å². The van der Waals surface area contributed by atoms with Crippen molar-refractivity contribution in [2.24, 2.45) is 0 Å². The highest BCUT2D eigenvalue weighted by Crippen LogP contribution is 2.22. The third kappa shape index (κ3) is 2.97. The molecule has 3 aromatic rings. The van der Waals surface area contributed by atoms with E-state index < -0.39 is 0 Å². The first-order valence-electron chi connectivity index (χ1n) is 6.94. The summed E-state index contributed by atoms with van der Waals surface area (Å²) in [6.07, 6.45) is 2.24. The number of thiazole rings is 1. The van der Waals surface area contributed by atoms with E-state index in [2.05, 4.69) is 29.1 Å². The number of nitrogens with zero attached hydrogens (tertiary/aromatic N) is 1. The van der Waals surface area contributed by atoms with Gasteiger partial charge in [0.05, 0.1) is 12.1 Å². The highest BCUT2D eigenvalue weighted by molar-refractivity contribution is 7.13. The number of hydrogen-bond donors (Lipinski definition) is 2. The van der Waals surface area contributed by atoms with E-state index in [0.717, 1.165) is 22.2 Å². The second kappa shape index (κ2) is 5.69. The minimum absolute atomic E-state index is 0.0376. The van der Waals surface area contributed by atoms with E-state index in [1.807, 2.05) is 35.8 Å². The fourth-order valence-electron chi connectivity index (χ4n) is 2.22. The van der Waals surface area contributed by atoms with Crippen LogP contribution in [0.2, 0.25) is 0 Å². The summed E-state index contributed by atoms with van der Waals surface area (Å²) in [5.74, 6) is 0.338. The molecule has 2 heterocycles. The van der Waals surface area contributed by atoms with Crippen LogP contribution in [-0.4, -0.2) is 15.9 Å². The Morgan fingerprint density at radius 1 is 1.38 bits per heavy atom. The van der Waals surface area contributed by atoms with Gasteiger partial charge in [0.25, 0.3) is 0 Å². The van der Waals surface area contributed by atoms with Gasteiger partial charge in [-0.2, -0.15) is 0 Å². The normalized spacial score (nSPS) is 11.2. The lowest BCUT2D eigenvalue weighted by Gasteiger charge is -2.01. The summed E-state index contributed by atoms with van der Waals surface area (Å²) in [4.78, 5) is 19.7. The number of hydrogen-bond acceptors (Lipinski definition) is 3. The maximum Gasteiger partial charge on any atom is 0.230 e. The van der Waals surface area contributed by atoms with Gasteiger partial charge in [0.1, 0.15) is 0 Å². The third-order valence-corrected chi connectivity index (χ3v) is 4.16. The molecule has 0 aliphatic carbocycles. The smallest absolute Gasteiger partial charge is 0.230 e. The number of H-pyrrole nitrogens is 1. The predicted molar refractivity (Wildman–Crippen MR) is 86.8 cm³/mol. The van der Waals surface area contributed by atoms with Gasteiger partial charge in [-0.05, 0) is 17.5 Å². The van der Waals surface area contributed by atoms with Crippen LogP contribution in [0.25, 0.3) is 10.9 Å². The minimum Gasteiger partial charge on any atom is -0.361 e. The Bertz CT molecular complexity index is 773. The lowest BCUT2D eigenvalue weighted by atomic mass is 10.1. The molecule has 2 N–H and O–H groups in total. The van der Waals surface area contributed by atoms with E-state index in [-0.39, 0.29) is 5.91 Å². The SMILES string of the molecule is CC(C)c1csc(NC(=O)Cc2c[nH]c3ccccc23)n1. The van der Waals surface area contributed by atoms with E-state index in [1.54, 1.807) is 0 Å². The number of para-hydroxylation sites is 1. The number of carbonyl (C=O) groups is 1. The van der Waals surface area contributed by atoms with Gasteiger partial charge in [0.2, 0.25) is 5.91 Å². The molecule has 2 aromatic heterocycles. The molecule has 108 valence electrons. The molecule has 0 fully saturated rings. The summed E-state index contributed by atoms with van der Waals surface area (Å²) in [6, 6.07) is 7.99. The average molecular weight is 299 g/mol. The van der Waals surface area contributed by atoms with Crippen LogP contribution >= 0.6 is 11.3 Å². The first-order valence-corrected chi connectivity index (χ1v) is 7.81. The number of rotatable bonds is 4. The van der Waals surface area contributed by atoms with E-state index in [9.17, 15) is 4.79 Å². The number of carbonyl (C=O) groups excluding carboxylic acids is 1. The summed E-state index contributed by atoms with van der Waals surface area (Å²) in [5.41, 5.74) is 3.07. The fourth-order valence-corrected chi connectivity index (χ4v) is 3.11. The van der Waals surface area contributed by atoms with Crippen LogP contribution in [0.5, 0.6) is 0 Å². The first kappa shape index (κ1) is 13.8. The molecule has 21 heavy (non-hydrogen) atoms. The Morgan fingerprint density at radius 2 is 2.19 bits per heavy atom. The summed E-state index contributed by atoms with van der Waals surface area (Å²) in [5, 5.41) is 6.63. The van der Waals surface area contributed by atoms with Crippen LogP contribution in [0.3, 0.4) is 0 Å². The lowest BCUT2D eigenvalue weighted by molar-refractivity contribution is -0.115. The van der Waals surface area contributed by atoms with Gasteiger partial charge in [-0.1, -0.05) is 32.0 Å². The molecule has 0 saturated carbocycles. The van der Waals surface area contributed by atoms with E-state index >= 15 is 0 Å². The molecule has 1 amide bonds. The van der Waals surface area contributed by atoms with Crippen molar-refractivity contribution in [3.63, 3.8) is 0 Å². The van der Waals surface area contributed by atoms with Crippen molar-refractivity contribution < 1.29 is 4.79 Å². The average Bonchev–Trinajstić information content (AvgIpc) is 3.07. The molecule has 5 heteroatoms. The van der Waals surface area contributed by atoms with Crippen LogP contribution in [0, 0.1) is 0 Å². The highest BCUT2D eigenvalue weighted by atomic mass is 32.1. The molecule has 0 bridgehead atoms. The zero-order valence-electron chi connectivity index (χ0n) is 12.0. The van der Waals surface area contributed by atoms with Crippen molar-refractivity contribution in [1.82, 2.24) is 9.97 Å². The second-order valence-corrected chi connectivity index (χ2v) is 6.17. The molecule has 0 saturated heterocycles. The third-order valence-electron chi connectivity index (χ3n) is 3.39. The molecule has 4 nitrogen and oxygen atoms in total. The molecule has 0 aliphatic heterocycles. The van der Waals surface area contributed by atoms with Crippen LogP contribution in [0.15, 0.2) is 35.8 Å². The van der Waals surface area contributed by atoms with Crippen LogP contribution < -0.4 is 5.32 Å². The van der Waals surface area contributed by atoms with E-state index in [1.165, 1.54) is 11.3 Å². The zero-order valence-corrected chi connectivity index (χ0v) is 12.8. The molecular formula is C16H17N3OS. The van der Waals surface area contributed by atoms with Crippen LogP contribution in [0.1, 0.15) is 31.0 Å². The van der Waals surface area contributed by atoms with Crippen LogP contribution in [-0.2, 0) is 11.2 Å². The summed E-state index contributed by atoms with van der Waals surface area (Å²) < 4.78 is 0. The Balaban J connectivity index is 1.71. The molecule has 3 rings (SSSR count). The lowest BCUT2D eigenvalue weighted by Crippen LogP contribution is -2.14. The predicted octanol–water partition coefficient (Wildman–Crippen LogP) is 3.93. The van der Waals surface area contributed by atoms with Crippen molar-refractivity contribution in [2.45, 2.75) is 26.2 Å². The Kier molecular flexibility index (Phi) is 3.75. The van der Waals surface area contributed by atoms with Gasteiger partial charge in [-0.15, -0.1) is 11.3 Å². The molecule has 0 spiro atoms. The zero-order chi connectivity index (χ0) is 14.8. The number of anilines is 1. The molecule has 0 atom stereocenters. The number of nitrogens with one attached hydrogen (secondary N) is 2. The van der Waals surface area contributed by atoms with Crippen molar-refractivity contribution in [2.75, 3.05) is 5.32 Å². The number of amides is 1. The second-order valence-electron chi connectivity index (χ2n) is 5.32. The van der Waals surface area contributed by atoms with Crippen molar-refractivity contribution >= 4 is 33.3 Å². The largest absolute Gasteiger partial charge is 0.361 e. The van der Waals surface area contributed by atoms with E-state index in [0.29, 0.717) is 17.5 Å². The minimum atomic E-state index is -0.0376. The topological polar surface area (TPSA) is 57.8 Å². The van der Waals surface area contributed by atoms with Gasteiger partial charge >= 0.3 is 0 Å². The Morgan fingerprint density at radius 3 is 2.95 bits per heavy atom. The fraction of sp³-hybridized carbons (Fsp3) is 0.250. The van der Waals surface area contributed by atoms with Gasteiger partial charge in [0.15, 0.2) is 5.13 Å². The molecule has 0 aliphatic rings. The summed E-state index contributed by atoms with van der Waals surface area (Å²) in [6.45, 7) is 4.18. The number of aromatic nitrogens is 2. The molecular weight excluding hydrogens is 282 g/mol. The summed E-state index contributed by atoms with van der Waals surface area (Å²) in [7, 11) is 0. The molecule has 1 aromatic carbocycles. The highest BCUT2D eigenvalue weighted by Gasteiger charge is 2.11. The monoisotopic (exact) mass is 299 g/mol. The first-order chi connectivity index (χ1) is 10.1. The van der Waals surface area contributed by atoms with Gasteiger partial charge in [-0.3, -0.25) is 4.79 Å². The van der Waals surface area contributed by atoms with Crippen LogP contribution in [0.4, 0.5) is 5.13 Å². The Labute approximate surface area is 127 Å². The number of benzene rings is 1. The molecule has 0 radical (unpaired) electrons. The van der Waals surface area contributed by atoms with Gasteiger partial charge < -0.3 is 10.3 Å². The maximum absolute atomic E-state index is 12.1. The number of aromatic amines is 1. The number of fused-ring (bicyclic) bond motifs is 1. The van der Waals surface area contributed by atoms with E-state index in [4.69, 9.17) is 0 Å². The Hall–Kier alpha value is -2.14. The van der Waals surface area contributed by atoms with Crippen molar-refractivity contribution in [1.29, 1.82) is 0 Å². The van der Waals surface area contributed by atoms with Crippen molar-refractivity contribution in [3.05, 3.63) is 47.1 Å². The molecule has 0 unspecified atom stereocenters. The van der Waals surface area contributed by atoms with Gasteiger partial charge in [0, 0.05) is 22.5 Å².